The molecular weight excluding hydrogens is 186 g/mol. The van der Waals surface area contributed by atoms with Crippen LogP contribution in [0.4, 0.5) is 0 Å². The average molecular weight is 205 g/mol. The topological polar surface area (TPSA) is 37.4 Å². The van der Waals surface area contributed by atoms with Crippen molar-refractivity contribution in [1.29, 1.82) is 0 Å². The molecule has 1 aliphatic rings. The number of rotatable bonds is 2. The zero-order chi connectivity index (χ0) is 10.5. The van der Waals surface area contributed by atoms with Gasteiger partial charge in [0.15, 0.2) is 0 Å². The summed E-state index contributed by atoms with van der Waals surface area (Å²) < 4.78 is 24.0. The summed E-state index contributed by atoms with van der Waals surface area (Å²) in [5.74, 6) is 0.203. The lowest BCUT2D eigenvalue weighted by molar-refractivity contribution is 0.485. The molecule has 1 rings (SSSR count). The molecule has 0 atom stereocenters. The Labute approximate surface area is 81.5 Å². The summed E-state index contributed by atoms with van der Waals surface area (Å²) >= 11 is 0. The van der Waals surface area contributed by atoms with Gasteiger partial charge < -0.3 is 0 Å². The van der Waals surface area contributed by atoms with Crippen LogP contribution in [0.2, 0.25) is 0 Å². The molecule has 0 aromatic carbocycles. The van der Waals surface area contributed by atoms with Crippen LogP contribution in [0.1, 0.15) is 27.7 Å². The lowest BCUT2D eigenvalue weighted by Gasteiger charge is -2.13. The Balaban J connectivity index is 0.000000671. The van der Waals surface area contributed by atoms with E-state index >= 15 is 0 Å². The molecular formula is C9H19NO2S. The van der Waals surface area contributed by atoms with Crippen molar-refractivity contribution in [2.75, 3.05) is 18.8 Å². The van der Waals surface area contributed by atoms with Gasteiger partial charge in [0.2, 0.25) is 10.0 Å². The Morgan fingerprint density at radius 3 is 2.31 bits per heavy atom. The maximum absolute atomic E-state index is 11.2. The van der Waals surface area contributed by atoms with Crippen molar-refractivity contribution < 1.29 is 8.42 Å². The van der Waals surface area contributed by atoms with Crippen LogP contribution in [0.15, 0.2) is 11.6 Å². The first kappa shape index (κ1) is 12.7. The zero-order valence-corrected chi connectivity index (χ0v) is 9.69. The van der Waals surface area contributed by atoms with Crippen molar-refractivity contribution in [3.05, 3.63) is 11.6 Å². The monoisotopic (exact) mass is 205 g/mol. The molecule has 1 heterocycles. The van der Waals surface area contributed by atoms with E-state index in [1.54, 1.807) is 6.92 Å². The summed E-state index contributed by atoms with van der Waals surface area (Å²) in [6.07, 6.45) is 1.95. The van der Waals surface area contributed by atoms with E-state index in [1.807, 2.05) is 26.8 Å². The molecule has 0 saturated heterocycles. The maximum atomic E-state index is 11.2. The van der Waals surface area contributed by atoms with Crippen LogP contribution >= 0.6 is 0 Å². The average Bonchev–Trinajstić information content (AvgIpc) is 2.56. The molecule has 0 N–H and O–H groups in total. The fourth-order valence-electron chi connectivity index (χ4n) is 1.06. The lowest BCUT2D eigenvalue weighted by atomic mass is 10.3. The summed E-state index contributed by atoms with van der Waals surface area (Å²) in [4.78, 5) is 0. The van der Waals surface area contributed by atoms with E-state index in [2.05, 4.69) is 0 Å². The highest BCUT2D eigenvalue weighted by molar-refractivity contribution is 7.89. The van der Waals surface area contributed by atoms with Gasteiger partial charge in [0.1, 0.15) is 0 Å². The van der Waals surface area contributed by atoms with Gasteiger partial charge in [-0.3, -0.25) is 0 Å². The van der Waals surface area contributed by atoms with Gasteiger partial charge in [-0.15, -0.1) is 0 Å². The minimum atomic E-state index is -2.95. The summed E-state index contributed by atoms with van der Waals surface area (Å²) in [6, 6.07) is 0. The normalized spacial score (nSPS) is 17.7. The summed E-state index contributed by atoms with van der Waals surface area (Å²) in [5, 5.41) is 0. The second kappa shape index (κ2) is 5.40. The van der Waals surface area contributed by atoms with Gasteiger partial charge in [-0.05, 0) is 13.8 Å². The molecule has 1 aliphatic heterocycles. The molecule has 0 bridgehead atoms. The smallest absolute Gasteiger partial charge is 0.212 e. The molecule has 0 unspecified atom stereocenters. The van der Waals surface area contributed by atoms with Gasteiger partial charge in [0.05, 0.1) is 5.75 Å². The molecule has 0 spiro atoms. The Morgan fingerprint density at radius 2 is 2.00 bits per heavy atom. The van der Waals surface area contributed by atoms with Crippen molar-refractivity contribution in [1.82, 2.24) is 4.31 Å². The first-order chi connectivity index (χ1) is 6.06. The molecule has 0 radical (unpaired) electrons. The Bertz CT molecular complexity index is 267. The van der Waals surface area contributed by atoms with Crippen LogP contribution in [0, 0.1) is 0 Å². The van der Waals surface area contributed by atoms with Crippen LogP contribution in [0.25, 0.3) is 0 Å². The summed E-state index contributed by atoms with van der Waals surface area (Å²) in [7, 11) is -2.95. The second-order valence-corrected chi connectivity index (χ2v) is 5.00. The first-order valence-electron chi connectivity index (χ1n) is 4.69. The molecule has 0 fully saturated rings. The van der Waals surface area contributed by atoms with Gasteiger partial charge >= 0.3 is 0 Å². The molecule has 13 heavy (non-hydrogen) atoms. The van der Waals surface area contributed by atoms with E-state index in [0.717, 1.165) is 5.57 Å². The van der Waals surface area contributed by atoms with Crippen molar-refractivity contribution in [2.45, 2.75) is 27.7 Å². The lowest BCUT2D eigenvalue weighted by Crippen LogP contribution is -2.30. The van der Waals surface area contributed by atoms with Crippen molar-refractivity contribution in [3.8, 4) is 0 Å². The summed E-state index contributed by atoms with van der Waals surface area (Å²) in [6.45, 7) is 8.76. The minimum Gasteiger partial charge on any atom is -0.212 e. The third-order valence-electron chi connectivity index (χ3n) is 1.83. The highest BCUT2D eigenvalue weighted by atomic mass is 32.2. The number of hydrogen-bond acceptors (Lipinski definition) is 2. The predicted molar refractivity (Wildman–Crippen MR) is 56.1 cm³/mol. The van der Waals surface area contributed by atoms with Crippen LogP contribution in [-0.4, -0.2) is 31.6 Å². The van der Waals surface area contributed by atoms with Gasteiger partial charge in [-0.25, -0.2) is 8.42 Å². The van der Waals surface area contributed by atoms with E-state index in [9.17, 15) is 8.42 Å². The van der Waals surface area contributed by atoms with Crippen molar-refractivity contribution >= 4 is 10.0 Å². The molecule has 0 aromatic rings. The highest BCUT2D eigenvalue weighted by Crippen LogP contribution is 2.12. The van der Waals surface area contributed by atoms with E-state index in [1.165, 1.54) is 4.31 Å². The van der Waals surface area contributed by atoms with Gasteiger partial charge in [0, 0.05) is 13.1 Å². The third-order valence-corrected chi connectivity index (χ3v) is 3.62. The predicted octanol–water partition coefficient (Wildman–Crippen LogP) is 1.62. The number of hydrogen-bond donors (Lipinski definition) is 0. The Kier molecular flexibility index (Phi) is 5.25. The Hall–Kier alpha value is -0.350. The molecule has 4 heteroatoms. The van der Waals surface area contributed by atoms with Crippen molar-refractivity contribution in [2.24, 2.45) is 0 Å². The van der Waals surface area contributed by atoms with Crippen LogP contribution in [-0.2, 0) is 10.0 Å². The SMILES string of the molecule is CC.CCS(=O)(=O)N1CC=C(C)C1. The highest BCUT2D eigenvalue weighted by Gasteiger charge is 2.22. The zero-order valence-electron chi connectivity index (χ0n) is 8.87. The molecule has 0 aromatic heterocycles. The fraction of sp³-hybridized carbons (Fsp3) is 0.778. The molecule has 0 saturated carbocycles. The van der Waals surface area contributed by atoms with Crippen LogP contribution < -0.4 is 0 Å². The number of sulfonamides is 1. The van der Waals surface area contributed by atoms with Crippen LogP contribution in [0.5, 0.6) is 0 Å². The fourth-order valence-corrected chi connectivity index (χ4v) is 2.13. The van der Waals surface area contributed by atoms with Gasteiger partial charge in [-0.2, -0.15) is 4.31 Å². The van der Waals surface area contributed by atoms with Crippen molar-refractivity contribution in [3.63, 3.8) is 0 Å². The number of nitrogens with zero attached hydrogens (tertiary/aromatic N) is 1. The molecule has 0 aliphatic carbocycles. The largest absolute Gasteiger partial charge is 0.214 e. The standard InChI is InChI=1S/C7H13NO2S.C2H6/c1-3-11(9,10)8-5-4-7(2)6-8;1-2/h4H,3,5-6H2,1-2H3;1-2H3. The van der Waals surface area contributed by atoms with Gasteiger partial charge in [-0.1, -0.05) is 25.5 Å². The van der Waals surface area contributed by atoms with E-state index < -0.39 is 10.0 Å². The maximum Gasteiger partial charge on any atom is 0.214 e. The van der Waals surface area contributed by atoms with E-state index in [0.29, 0.717) is 13.1 Å². The minimum absolute atomic E-state index is 0.203. The second-order valence-electron chi connectivity index (χ2n) is 2.74. The quantitative estimate of drug-likeness (QED) is 0.642. The van der Waals surface area contributed by atoms with E-state index in [-0.39, 0.29) is 5.75 Å². The third kappa shape index (κ3) is 3.48. The van der Waals surface area contributed by atoms with Crippen LogP contribution in [0.3, 0.4) is 0 Å². The molecule has 0 amide bonds. The first-order valence-corrected chi connectivity index (χ1v) is 6.30. The Morgan fingerprint density at radius 1 is 1.46 bits per heavy atom. The van der Waals surface area contributed by atoms with E-state index in [4.69, 9.17) is 0 Å². The summed E-state index contributed by atoms with van der Waals surface area (Å²) in [5.41, 5.74) is 1.14. The molecule has 78 valence electrons. The van der Waals surface area contributed by atoms with Gasteiger partial charge in [0.25, 0.3) is 0 Å². The molecule has 3 nitrogen and oxygen atoms in total.